The van der Waals surface area contributed by atoms with Crippen LogP contribution in [0.1, 0.15) is 36.6 Å². The number of rotatable bonds is 2. The Balaban J connectivity index is 2.11. The van der Waals surface area contributed by atoms with Gasteiger partial charge in [0.25, 0.3) is 0 Å². The van der Waals surface area contributed by atoms with Crippen molar-refractivity contribution in [2.24, 2.45) is 0 Å². The average molecular weight is 209 g/mol. The number of aromatic amines is 1. The van der Waals surface area contributed by atoms with Gasteiger partial charge in [0.05, 0.1) is 6.20 Å². The number of aliphatic carboxylic acids is 1. The Kier molecular flexibility index (Phi) is 2.73. The SMILES string of the molecule is Cc1[nH]ncc1C1CCCC(C(=O)O)N1. The first kappa shape index (κ1) is 10.2. The van der Waals surface area contributed by atoms with Crippen molar-refractivity contribution in [2.75, 3.05) is 0 Å². The van der Waals surface area contributed by atoms with E-state index < -0.39 is 12.0 Å². The minimum Gasteiger partial charge on any atom is -0.480 e. The number of aromatic nitrogens is 2. The van der Waals surface area contributed by atoms with Crippen LogP contribution in [-0.2, 0) is 4.79 Å². The number of nitrogens with one attached hydrogen (secondary N) is 2. The average Bonchev–Trinajstić information content (AvgIpc) is 2.64. The number of hydrogen-bond donors (Lipinski definition) is 3. The van der Waals surface area contributed by atoms with Crippen molar-refractivity contribution >= 4 is 5.97 Å². The number of hydrogen-bond acceptors (Lipinski definition) is 3. The predicted octanol–water partition coefficient (Wildman–Crippen LogP) is 0.986. The van der Waals surface area contributed by atoms with E-state index >= 15 is 0 Å². The van der Waals surface area contributed by atoms with Gasteiger partial charge in [-0.15, -0.1) is 0 Å². The Bertz CT molecular complexity index is 361. The molecule has 0 saturated carbocycles. The van der Waals surface area contributed by atoms with Gasteiger partial charge < -0.3 is 5.11 Å². The molecule has 2 atom stereocenters. The molecule has 0 bridgehead atoms. The summed E-state index contributed by atoms with van der Waals surface area (Å²) in [5.41, 5.74) is 2.10. The first-order valence-electron chi connectivity index (χ1n) is 5.17. The zero-order valence-electron chi connectivity index (χ0n) is 8.66. The highest BCUT2D eigenvalue weighted by Crippen LogP contribution is 2.26. The van der Waals surface area contributed by atoms with Crippen LogP contribution in [0.25, 0.3) is 0 Å². The van der Waals surface area contributed by atoms with Crippen molar-refractivity contribution < 1.29 is 9.90 Å². The molecular weight excluding hydrogens is 194 g/mol. The van der Waals surface area contributed by atoms with E-state index in [1.54, 1.807) is 6.20 Å². The number of carbonyl (C=O) groups is 1. The Hall–Kier alpha value is -1.36. The summed E-state index contributed by atoms with van der Waals surface area (Å²) >= 11 is 0. The number of H-pyrrole nitrogens is 1. The number of nitrogens with zero attached hydrogens (tertiary/aromatic N) is 1. The van der Waals surface area contributed by atoms with Crippen molar-refractivity contribution in [3.8, 4) is 0 Å². The summed E-state index contributed by atoms with van der Waals surface area (Å²) in [6.07, 6.45) is 4.41. The van der Waals surface area contributed by atoms with Gasteiger partial charge in [0.15, 0.2) is 0 Å². The summed E-state index contributed by atoms with van der Waals surface area (Å²) < 4.78 is 0. The van der Waals surface area contributed by atoms with Gasteiger partial charge in [-0.25, -0.2) is 0 Å². The molecule has 1 saturated heterocycles. The molecule has 2 unspecified atom stereocenters. The van der Waals surface area contributed by atoms with Crippen LogP contribution in [0.5, 0.6) is 0 Å². The Morgan fingerprint density at radius 3 is 3.00 bits per heavy atom. The minimum absolute atomic E-state index is 0.124. The number of aryl methyl sites for hydroxylation is 1. The van der Waals surface area contributed by atoms with Gasteiger partial charge in [-0.2, -0.15) is 5.10 Å². The van der Waals surface area contributed by atoms with E-state index in [1.807, 2.05) is 6.92 Å². The van der Waals surface area contributed by atoms with Crippen molar-refractivity contribution in [1.29, 1.82) is 0 Å². The molecule has 1 fully saturated rings. The summed E-state index contributed by atoms with van der Waals surface area (Å²) in [6.45, 7) is 1.95. The molecule has 0 aromatic carbocycles. The van der Waals surface area contributed by atoms with Crippen LogP contribution in [0.2, 0.25) is 0 Å². The molecule has 82 valence electrons. The minimum atomic E-state index is -0.763. The van der Waals surface area contributed by atoms with Crippen LogP contribution in [0.3, 0.4) is 0 Å². The summed E-state index contributed by atoms with van der Waals surface area (Å²) in [4.78, 5) is 10.9. The van der Waals surface area contributed by atoms with E-state index in [1.165, 1.54) is 0 Å². The maximum atomic E-state index is 10.9. The molecule has 1 aromatic rings. The lowest BCUT2D eigenvalue weighted by Gasteiger charge is -2.28. The van der Waals surface area contributed by atoms with E-state index in [4.69, 9.17) is 5.11 Å². The summed E-state index contributed by atoms with van der Waals surface area (Å²) in [5, 5.41) is 18.9. The molecule has 0 amide bonds. The van der Waals surface area contributed by atoms with Crippen molar-refractivity contribution in [3.05, 3.63) is 17.5 Å². The monoisotopic (exact) mass is 209 g/mol. The molecule has 5 nitrogen and oxygen atoms in total. The van der Waals surface area contributed by atoms with Gasteiger partial charge in [0.1, 0.15) is 6.04 Å². The Morgan fingerprint density at radius 1 is 1.60 bits per heavy atom. The highest BCUT2D eigenvalue weighted by Gasteiger charge is 2.27. The molecule has 5 heteroatoms. The molecule has 1 aliphatic heterocycles. The van der Waals surface area contributed by atoms with Gasteiger partial charge in [-0.3, -0.25) is 15.2 Å². The highest BCUT2D eigenvalue weighted by molar-refractivity contribution is 5.73. The first-order valence-corrected chi connectivity index (χ1v) is 5.17. The van der Waals surface area contributed by atoms with Crippen LogP contribution in [0.4, 0.5) is 0 Å². The second-order valence-corrected chi connectivity index (χ2v) is 3.99. The maximum absolute atomic E-state index is 10.9. The molecule has 1 aliphatic rings. The topological polar surface area (TPSA) is 78.0 Å². The lowest BCUT2D eigenvalue weighted by Crippen LogP contribution is -2.42. The van der Waals surface area contributed by atoms with Crippen LogP contribution >= 0.6 is 0 Å². The quantitative estimate of drug-likeness (QED) is 0.678. The van der Waals surface area contributed by atoms with Gasteiger partial charge in [-0.1, -0.05) is 0 Å². The smallest absolute Gasteiger partial charge is 0.320 e. The molecular formula is C10H15N3O2. The largest absolute Gasteiger partial charge is 0.480 e. The van der Waals surface area contributed by atoms with E-state index in [-0.39, 0.29) is 6.04 Å². The van der Waals surface area contributed by atoms with Gasteiger partial charge >= 0.3 is 5.97 Å². The fourth-order valence-corrected chi connectivity index (χ4v) is 2.09. The summed E-state index contributed by atoms with van der Waals surface area (Å²) in [5.74, 6) is -0.763. The number of carboxylic acids is 1. The highest BCUT2D eigenvalue weighted by atomic mass is 16.4. The standard InChI is InChI=1S/C10H15N3O2/c1-6-7(5-11-13-6)8-3-2-4-9(12-8)10(14)15/h5,8-9,12H,2-4H2,1H3,(H,11,13)(H,14,15). The normalized spacial score (nSPS) is 26.5. The van der Waals surface area contributed by atoms with Crippen molar-refractivity contribution in [3.63, 3.8) is 0 Å². The molecule has 0 aliphatic carbocycles. The Labute approximate surface area is 87.9 Å². The van der Waals surface area contributed by atoms with Gasteiger partial charge in [0.2, 0.25) is 0 Å². The fourth-order valence-electron chi connectivity index (χ4n) is 2.09. The van der Waals surface area contributed by atoms with E-state index in [0.717, 1.165) is 24.1 Å². The lowest BCUT2D eigenvalue weighted by atomic mass is 9.94. The lowest BCUT2D eigenvalue weighted by molar-refractivity contribution is -0.140. The molecule has 15 heavy (non-hydrogen) atoms. The molecule has 2 heterocycles. The van der Waals surface area contributed by atoms with Crippen LogP contribution in [-0.4, -0.2) is 27.3 Å². The van der Waals surface area contributed by atoms with Crippen LogP contribution in [0.15, 0.2) is 6.20 Å². The van der Waals surface area contributed by atoms with E-state index in [0.29, 0.717) is 6.42 Å². The molecule has 2 rings (SSSR count). The second kappa shape index (κ2) is 4.02. The van der Waals surface area contributed by atoms with Gasteiger partial charge in [-0.05, 0) is 26.2 Å². The van der Waals surface area contributed by atoms with E-state index in [9.17, 15) is 4.79 Å². The third-order valence-corrected chi connectivity index (χ3v) is 2.93. The molecule has 3 N–H and O–H groups in total. The predicted molar refractivity (Wildman–Crippen MR) is 54.5 cm³/mol. The summed E-state index contributed by atoms with van der Waals surface area (Å²) in [7, 11) is 0. The zero-order chi connectivity index (χ0) is 10.8. The summed E-state index contributed by atoms with van der Waals surface area (Å²) in [6, 6.07) is -0.295. The Morgan fingerprint density at radius 2 is 2.40 bits per heavy atom. The van der Waals surface area contributed by atoms with Gasteiger partial charge in [0, 0.05) is 17.3 Å². The number of carboxylic acid groups (broad SMARTS) is 1. The number of piperidine rings is 1. The third-order valence-electron chi connectivity index (χ3n) is 2.93. The maximum Gasteiger partial charge on any atom is 0.320 e. The molecule has 0 radical (unpaired) electrons. The second-order valence-electron chi connectivity index (χ2n) is 3.99. The van der Waals surface area contributed by atoms with Crippen LogP contribution < -0.4 is 5.32 Å². The molecule has 0 spiro atoms. The first-order chi connectivity index (χ1) is 7.18. The van der Waals surface area contributed by atoms with E-state index in [2.05, 4.69) is 15.5 Å². The third kappa shape index (κ3) is 2.02. The zero-order valence-corrected chi connectivity index (χ0v) is 8.66. The van der Waals surface area contributed by atoms with Crippen LogP contribution in [0, 0.1) is 6.92 Å². The fraction of sp³-hybridized carbons (Fsp3) is 0.600. The molecule has 1 aromatic heterocycles. The van der Waals surface area contributed by atoms with Crippen molar-refractivity contribution in [1.82, 2.24) is 15.5 Å². The van der Waals surface area contributed by atoms with Crippen molar-refractivity contribution in [2.45, 2.75) is 38.3 Å².